The summed E-state index contributed by atoms with van der Waals surface area (Å²) in [6.07, 6.45) is 0.915. The van der Waals surface area contributed by atoms with Crippen LogP contribution in [0.4, 0.5) is 0 Å². The fraction of sp³-hybridized carbons (Fsp3) is 0.833. The zero-order chi connectivity index (χ0) is 8.15. The van der Waals surface area contributed by atoms with E-state index >= 15 is 0 Å². The Hall–Kier alpha value is -0.430. The molecule has 0 heterocycles. The van der Waals surface area contributed by atoms with Crippen molar-refractivity contribution in [1.29, 1.82) is 0 Å². The first kappa shape index (κ1) is 9.57. The molecule has 0 radical (unpaired) electrons. The van der Waals surface area contributed by atoms with Gasteiger partial charge in [0.1, 0.15) is 6.16 Å². The maximum absolute atomic E-state index is 11.0. The molecule has 0 aliphatic carbocycles. The van der Waals surface area contributed by atoms with Crippen LogP contribution in [-0.2, 0) is 9.36 Å². The van der Waals surface area contributed by atoms with Crippen molar-refractivity contribution < 1.29 is 14.5 Å². The topological polar surface area (TPSA) is 54.4 Å². The standard InChI is InChI=1S/C6H11O3P/c1-3-5(6(7)8)10(9)4-2/h5H,3-4H2,1-2H3/p+1. The molecule has 10 heavy (non-hydrogen) atoms. The SMILES string of the molecule is CCC(C(=O)O)[P+](=O)CC. The van der Waals surface area contributed by atoms with Gasteiger partial charge < -0.3 is 5.11 Å². The molecule has 0 bridgehead atoms. The fourth-order valence-corrected chi connectivity index (χ4v) is 1.82. The molecule has 0 fully saturated rings. The summed E-state index contributed by atoms with van der Waals surface area (Å²) in [5.41, 5.74) is -0.639. The van der Waals surface area contributed by atoms with Crippen molar-refractivity contribution in [2.24, 2.45) is 0 Å². The largest absolute Gasteiger partial charge is 0.478 e. The average Bonchev–Trinajstić information content (AvgIpc) is 1.88. The van der Waals surface area contributed by atoms with Crippen LogP contribution >= 0.6 is 7.80 Å². The molecule has 1 N–H and O–H groups in total. The Balaban J connectivity index is 4.06. The van der Waals surface area contributed by atoms with Crippen LogP contribution in [0.5, 0.6) is 0 Å². The maximum Gasteiger partial charge on any atom is 0.355 e. The number of carboxylic acid groups (broad SMARTS) is 1. The van der Waals surface area contributed by atoms with E-state index in [-0.39, 0.29) is 0 Å². The van der Waals surface area contributed by atoms with Crippen LogP contribution in [0.3, 0.4) is 0 Å². The summed E-state index contributed by atoms with van der Waals surface area (Å²) < 4.78 is 11.0. The van der Waals surface area contributed by atoms with E-state index in [4.69, 9.17) is 5.11 Å². The van der Waals surface area contributed by atoms with Gasteiger partial charge in [-0.05, 0) is 6.92 Å². The van der Waals surface area contributed by atoms with Gasteiger partial charge in [-0.1, -0.05) is 11.5 Å². The number of carboxylic acids is 1. The van der Waals surface area contributed by atoms with Gasteiger partial charge in [0.15, 0.2) is 0 Å². The lowest BCUT2D eigenvalue weighted by Crippen LogP contribution is -2.15. The van der Waals surface area contributed by atoms with Crippen LogP contribution in [-0.4, -0.2) is 22.9 Å². The third-order valence-corrected chi connectivity index (χ3v) is 3.24. The normalized spacial score (nSPS) is 14.4. The summed E-state index contributed by atoms with van der Waals surface area (Å²) in [6.45, 7) is 3.48. The first-order valence-electron chi connectivity index (χ1n) is 3.30. The lowest BCUT2D eigenvalue weighted by atomic mass is 10.3. The summed E-state index contributed by atoms with van der Waals surface area (Å²) in [6, 6.07) is 0. The molecule has 0 aliphatic heterocycles. The van der Waals surface area contributed by atoms with Gasteiger partial charge in [-0.3, -0.25) is 0 Å². The Morgan fingerprint density at radius 3 is 2.20 bits per heavy atom. The molecule has 2 unspecified atom stereocenters. The van der Waals surface area contributed by atoms with E-state index in [1.165, 1.54) is 0 Å². The van der Waals surface area contributed by atoms with Gasteiger partial charge in [0.2, 0.25) is 0 Å². The predicted molar refractivity (Wildman–Crippen MR) is 39.9 cm³/mol. The Bertz CT molecular complexity index is 144. The minimum Gasteiger partial charge on any atom is -0.478 e. The molecule has 0 aromatic heterocycles. The Morgan fingerprint density at radius 1 is 1.60 bits per heavy atom. The van der Waals surface area contributed by atoms with Crippen molar-refractivity contribution in [2.45, 2.75) is 25.9 Å². The second kappa shape index (κ2) is 4.40. The Kier molecular flexibility index (Phi) is 4.21. The molecular formula is C6H12O3P+. The molecule has 0 aliphatic rings. The van der Waals surface area contributed by atoms with Gasteiger partial charge >= 0.3 is 13.8 Å². The van der Waals surface area contributed by atoms with Gasteiger partial charge in [-0.2, -0.15) is 0 Å². The fourth-order valence-electron chi connectivity index (χ4n) is 0.722. The molecule has 0 aromatic carbocycles. The van der Waals surface area contributed by atoms with E-state index in [0.29, 0.717) is 12.6 Å². The molecule has 0 amide bonds. The van der Waals surface area contributed by atoms with Crippen molar-refractivity contribution in [1.82, 2.24) is 0 Å². The molecule has 2 atom stereocenters. The summed E-state index contributed by atoms with van der Waals surface area (Å²) in [5, 5.41) is 8.49. The highest BCUT2D eigenvalue weighted by Crippen LogP contribution is 2.29. The zero-order valence-electron chi connectivity index (χ0n) is 6.20. The van der Waals surface area contributed by atoms with E-state index in [1.54, 1.807) is 13.8 Å². The number of hydrogen-bond donors (Lipinski definition) is 1. The van der Waals surface area contributed by atoms with Crippen molar-refractivity contribution >= 4 is 13.8 Å². The first-order valence-corrected chi connectivity index (χ1v) is 4.81. The van der Waals surface area contributed by atoms with Crippen LogP contribution < -0.4 is 0 Å². The average molecular weight is 163 g/mol. The number of aliphatic carboxylic acids is 1. The highest BCUT2D eigenvalue weighted by atomic mass is 31.1. The van der Waals surface area contributed by atoms with Crippen LogP contribution in [0, 0.1) is 0 Å². The van der Waals surface area contributed by atoms with Gasteiger partial charge in [0.25, 0.3) is 5.66 Å². The predicted octanol–water partition coefficient (Wildman–Crippen LogP) is 1.70. The summed E-state index contributed by atoms with van der Waals surface area (Å²) in [4.78, 5) is 10.3. The minimum atomic E-state index is -1.53. The second-order valence-corrected chi connectivity index (χ2v) is 4.09. The summed E-state index contributed by atoms with van der Waals surface area (Å²) >= 11 is 0. The van der Waals surface area contributed by atoms with Gasteiger partial charge in [-0.15, -0.1) is 0 Å². The van der Waals surface area contributed by atoms with Gasteiger partial charge in [0, 0.05) is 6.42 Å². The maximum atomic E-state index is 11.0. The highest BCUT2D eigenvalue weighted by Gasteiger charge is 2.33. The van der Waals surface area contributed by atoms with Gasteiger partial charge in [0.05, 0.1) is 0 Å². The molecule has 0 saturated carbocycles. The molecule has 58 valence electrons. The second-order valence-electron chi connectivity index (χ2n) is 2.00. The van der Waals surface area contributed by atoms with Crippen molar-refractivity contribution in [2.75, 3.05) is 6.16 Å². The van der Waals surface area contributed by atoms with E-state index < -0.39 is 19.4 Å². The van der Waals surface area contributed by atoms with E-state index in [9.17, 15) is 9.36 Å². The third kappa shape index (κ3) is 2.44. The monoisotopic (exact) mass is 163 g/mol. The molecule has 0 aromatic rings. The van der Waals surface area contributed by atoms with E-state index in [0.717, 1.165) is 0 Å². The number of hydrogen-bond acceptors (Lipinski definition) is 2. The molecular weight excluding hydrogens is 151 g/mol. The lowest BCUT2D eigenvalue weighted by molar-refractivity contribution is -0.136. The lowest BCUT2D eigenvalue weighted by Gasteiger charge is -1.94. The molecule has 4 heteroatoms. The van der Waals surface area contributed by atoms with Crippen molar-refractivity contribution in [3.05, 3.63) is 0 Å². The smallest absolute Gasteiger partial charge is 0.355 e. The zero-order valence-corrected chi connectivity index (χ0v) is 7.10. The van der Waals surface area contributed by atoms with Crippen LogP contribution in [0.1, 0.15) is 20.3 Å². The first-order chi connectivity index (χ1) is 4.63. The van der Waals surface area contributed by atoms with Crippen LogP contribution in [0.2, 0.25) is 0 Å². The van der Waals surface area contributed by atoms with Crippen molar-refractivity contribution in [3.63, 3.8) is 0 Å². The molecule has 0 spiro atoms. The molecule has 3 nitrogen and oxygen atoms in total. The molecule has 0 saturated heterocycles. The quantitative estimate of drug-likeness (QED) is 0.641. The van der Waals surface area contributed by atoms with Crippen LogP contribution in [0.15, 0.2) is 0 Å². The number of rotatable bonds is 4. The summed E-state index contributed by atoms with van der Waals surface area (Å²) in [5.74, 6) is -0.939. The number of carbonyl (C=O) groups is 1. The highest BCUT2D eigenvalue weighted by molar-refractivity contribution is 7.46. The van der Waals surface area contributed by atoms with Crippen molar-refractivity contribution in [3.8, 4) is 0 Å². The van der Waals surface area contributed by atoms with Crippen LogP contribution in [0.25, 0.3) is 0 Å². The Labute approximate surface area is 61.2 Å². The minimum absolute atomic E-state index is 0.457. The molecule has 0 rings (SSSR count). The van der Waals surface area contributed by atoms with E-state index in [1.807, 2.05) is 0 Å². The summed E-state index contributed by atoms with van der Waals surface area (Å²) in [7, 11) is -1.53. The van der Waals surface area contributed by atoms with Gasteiger partial charge in [-0.25, -0.2) is 4.79 Å². The third-order valence-electron chi connectivity index (χ3n) is 1.33. The Morgan fingerprint density at radius 2 is 2.10 bits per heavy atom. The van der Waals surface area contributed by atoms with E-state index in [2.05, 4.69) is 0 Å².